The summed E-state index contributed by atoms with van der Waals surface area (Å²) in [5.74, 6) is -0.406. The third-order valence-electron chi connectivity index (χ3n) is 2.94. The number of thiophene rings is 1. The number of carboxylic acids is 1. The normalized spacial score (nSPS) is 10.9. The van der Waals surface area contributed by atoms with Crippen molar-refractivity contribution in [3.8, 4) is 0 Å². The molecule has 0 amide bonds. The molecule has 3 aromatic rings. The van der Waals surface area contributed by atoms with Gasteiger partial charge in [0.1, 0.15) is 21.9 Å². The van der Waals surface area contributed by atoms with E-state index in [4.69, 9.17) is 0 Å². The van der Waals surface area contributed by atoms with Crippen LogP contribution in [0.25, 0.3) is 10.2 Å². The maximum absolute atomic E-state index is 11.2. The van der Waals surface area contributed by atoms with Gasteiger partial charge < -0.3 is 15.4 Å². The molecule has 3 heterocycles. The number of hydrogen-bond donors (Lipinski definition) is 3. The molecule has 3 N–H and O–H groups in total. The van der Waals surface area contributed by atoms with Crippen molar-refractivity contribution < 1.29 is 9.90 Å². The highest BCUT2D eigenvalue weighted by Crippen LogP contribution is 2.33. The number of fused-ring (bicyclic) bond motifs is 1. The molecule has 0 unspecified atom stereocenters. The number of hydrogen-bond acceptors (Lipinski definition) is 7. The topological polar surface area (TPSA) is 108 Å². The van der Waals surface area contributed by atoms with E-state index in [1.54, 1.807) is 12.3 Å². The Bertz CT molecular complexity index is 880. The summed E-state index contributed by atoms with van der Waals surface area (Å²) in [4.78, 5) is 34.0. The fraction of sp³-hybridized carbons (Fsp3) is 0.167. The first-order valence-corrected chi connectivity index (χ1v) is 7.64. The van der Waals surface area contributed by atoms with Crippen molar-refractivity contribution in [2.45, 2.75) is 13.5 Å². The first kappa shape index (κ1) is 13.7. The van der Waals surface area contributed by atoms with Gasteiger partial charge in [-0.2, -0.15) is 0 Å². The van der Waals surface area contributed by atoms with E-state index in [-0.39, 0.29) is 9.75 Å². The van der Waals surface area contributed by atoms with Crippen molar-refractivity contribution in [1.29, 1.82) is 0 Å². The molecule has 0 spiro atoms. The van der Waals surface area contributed by atoms with Gasteiger partial charge in [-0.15, -0.1) is 11.3 Å². The van der Waals surface area contributed by atoms with Gasteiger partial charge in [-0.25, -0.2) is 14.8 Å². The number of carboxylic acid groups (broad SMARTS) is 1. The number of rotatable bonds is 4. The lowest BCUT2D eigenvalue weighted by molar-refractivity contribution is 0.0701. The summed E-state index contributed by atoms with van der Waals surface area (Å²) in [5.41, 5.74) is 1.40. The van der Waals surface area contributed by atoms with Crippen molar-refractivity contribution in [3.63, 3.8) is 0 Å². The number of H-pyrrole nitrogens is 1. The van der Waals surface area contributed by atoms with E-state index in [1.165, 1.54) is 6.33 Å². The Morgan fingerprint density at radius 3 is 2.95 bits per heavy atom. The van der Waals surface area contributed by atoms with E-state index in [0.29, 0.717) is 28.1 Å². The average Bonchev–Trinajstić information content (AvgIpc) is 3.01. The minimum absolute atomic E-state index is 0.112. The van der Waals surface area contributed by atoms with Crippen LogP contribution in [0.2, 0.25) is 0 Å². The summed E-state index contributed by atoms with van der Waals surface area (Å²) < 4.78 is 0. The summed E-state index contributed by atoms with van der Waals surface area (Å²) >= 11 is 2.22. The zero-order chi connectivity index (χ0) is 15.0. The number of aromatic nitrogens is 3. The van der Waals surface area contributed by atoms with Crippen LogP contribution in [-0.2, 0) is 6.54 Å². The van der Waals surface area contributed by atoms with E-state index >= 15 is 0 Å². The second-order valence-corrected chi connectivity index (χ2v) is 6.13. The molecule has 0 fully saturated rings. The van der Waals surface area contributed by atoms with Gasteiger partial charge in [0, 0.05) is 11.1 Å². The van der Waals surface area contributed by atoms with Gasteiger partial charge in [0.2, 0.25) is 0 Å². The van der Waals surface area contributed by atoms with Gasteiger partial charge in [0.05, 0.1) is 11.9 Å². The zero-order valence-corrected chi connectivity index (χ0v) is 12.5. The van der Waals surface area contributed by atoms with Crippen molar-refractivity contribution in [1.82, 2.24) is 15.0 Å². The third-order valence-corrected chi connectivity index (χ3v) is 4.84. The summed E-state index contributed by atoms with van der Waals surface area (Å²) in [6, 6.07) is 0. The lowest BCUT2D eigenvalue weighted by Gasteiger charge is -2.05. The van der Waals surface area contributed by atoms with Crippen LogP contribution in [0.1, 0.15) is 20.9 Å². The lowest BCUT2D eigenvalue weighted by atomic mass is 10.2. The molecule has 3 aromatic heterocycles. The Morgan fingerprint density at radius 2 is 2.29 bits per heavy atom. The van der Waals surface area contributed by atoms with Crippen LogP contribution in [-0.4, -0.2) is 26.0 Å². The van der Waals surface area contributed by atoms with E-state index in [9.17, 15) is 14.7 Å². The smallest absolute Gasteiger partial charge is 0.346 e. The molecular weight excluding hydrogens is 312 g/mol. The first-order chi connectivity index (χ1) is 10.1. The fourth-order valence-corrected chi connectivity index (χ4v) is 3.56. The van der Waals surface area contributed by atoms with Crippen LogP contribution < -0.4 is 10.2 Å². The van der Waals surface area contributed by atoms with Gasteiger partial charge in [-0.1, -0.05) is 11.3 Å². The number of nitrogens with zero attached hydrogens (tertiary/aromatic N) is 2. The second kappa shape index (κ2) is 5.26. The number of aromatic amines is 1. The van der Waals surface area contributed by atoms with Gasteiger partial charge >= 0.3 is 10.8 Å². The SMILES string of the molecule is Cc1c(C(=O)O)sc2ncnc(NCc3csc(=O)[nH]3)c12. The van der Waals surface area contributed by atoms with Crippen LogP contribution in [0.15, 0.2) is 16.5 Å². The molecule has 0 atom stereocenters. The zero-order valence-electron chi connectivity index (χ0n) is 10.8. The van der Waals surface area contributed by atoms with E-state index in [0.717, 1.165) is 28.4 Å². The summed E-state index contributed by atoms with van der Waals surface area (Å²) in [6.07, 6.45) is 1.39. The quantitative estimate of drug-likeness (QED) is 0.678. The lowest BCUT2D eigenvalue weighted by Crippen LogP contribution is -2.05. The molecule has 3 rings (SSSR count). The van der Waals surface area contributed by atoms with E-state index < -0.39 is 5.97 Å². The average molecular weight is 322 g/mol. The summed E-state index contributed by atoms with van der Waals surface area (Å²) in [6.45, 7) is 2.14. The van der Waals surface area contributed by atoms with Gasteiger partial charge in [0.25, 0.3) is 0 Å². The molecule has 21 heavy (non-hydrogen) atoms. The molecule has 0 radical (unpaired) electrons. The monoisotopic (exact) mass is 322 g/mol. The Kier molecular flexibility index (Phi) is 3.43. The molecule has 0 aromatic carbocycles. The summed E-state index contributed by atoms with van der Waals surface area (Å²) in [5, 5.41) is 14.7. The minimum atomic E-state index is -0.969. The second-order valence-electron chi connectivity index (χ2n) is 4.29. The molecule has 9 heteroatoms. The predicted octanol–water partition coefficient (Wildman–Crippen LogP) is 2.06. The van der Waals surface area contributed by atoms with Gasteiger partial charge in [-0.05, 0) is 12.5 Å². The van der Waals surface area contributed by atoms with Crippen LogP contribution >= 0.6 is 22.7 Å². The van der Waals surface area contributed by atoms with Gasteiger partial charge in [0.15, 0.2) is 0 Å². The van der Waals surface area contributed by atoms with Crippen molar-refractivity contribution in [2.75, 3.05) is 5.32 Å². The van der Waals surface area contributed by atoms with Crippen molar-refractivity contribution >= 4 is 44.7 Å². The minimum Gasteiger partial charge on any atom is -0.477 e. The molecule has 0 bridgehead atoms. The summed E-state index contributed by atoms with van der Waals surface area (Å²) in [7, 11) is 0. The van der Waals surface area contributed by atoms with Crippen LogP contribution in [0.3, 0.4) is 0 Å². The van der Waals surface area contributed by atoms with Crippen molar-refractivity contribution in [3.05, 3.63) is 37.5 Å². The number of aromatic carboxylic acids is 1. The molecule has 0 saturated carbocycles. The molecule has 0 saturated heterocycles. The highest BCUT2D eigenvalue weighted by atomic mass is 32.1. The number of aryl methyl sites for hydroxylation is 1. The Hall–Kier alpha value is -2.26. The molecule has 7 nitrogen and oxygen atoms in total. The molecule has 108 valence electrons. The van der Waals surface area contributed by atoms with Crippen molar-refractivity contribution in [2.24, 2.45) is 0 Å². The third kappa shape index (κ3) is 2.52. The molecule has 0 aliphatic rings. The highest BCUT2D eigenvalue weighted by Gasteiger charge is 2.18. The number of thiazole rings is 1. The predicted molar refractivity (Wildman–Crippen MR) is 81.4 cm³/mol. The molecule has 0 aliphatic heterocycles. The Balaban J connectivity index is 1.98. The maximum atomic E-state index is 11.2. The largest absolute Gasteiger partial charge is 0.477 e. The number of nitrogens with one attached hydrogen (secondary N) is 2. The number of anilines is 1. The van der Waals surface area contributed by atoms with Crippen LogP contribution in [0, 0.1) is 6.92 Å². The van der Waals surface area contributed by atoms with Gasteiger partial charge in [-0.3, -0.25) is 4.79 Å². The molecular formula is C12H10N4O3S2. The maximum Gasteiger partial charge on any atom is 0.346 e. The van der Waals surface area contributed by atoms with Crippen LogP contribution in [0.5, 0.6) is 0 Å². The number of carbonyl (C=O) groups is 1. The molecule has 0 aliphatic carbocycles. The first-order valence-electron chi connectivity index (χ1n) is 5.94. The standard InChI is InChI=1S/C12H10N4O3S2/c1-5-7-9(13-2-6-3-20-12(19)16-6)14-4-15-10(7)21-8(5)11(17)18/h3-4H,2H2,1H3,(H,16,19)(H,17,18)(H,13,14,15). The van der Waals surface area contributed by atoms with E-state index in [1.807, 2.05) is 0 Å². The van der Waals surface area contributed by atoms with Crippen LogP contribution in [0.4, 0.5) is 5.82 Å². The highest BCUT2D eigenvalue weighted by molar-refractivity contribution is 7.20. The fourth-order valence-electron chi connectivity index (χ4n) is 1.99. The Labute approximate surface area is 126 Å². The Morgan fingerprint density at radius 1 is 1.48 bits per heavy atom. The van der Waals surface area contributed by atoms with E-state index in [2.05, 4.69) is 20.3 Å².